The number of thioether (sulfide) groups is 1. The maximum atomic E-state index is 13.1. The number of carbonyl (C=O) groups is 1. The minimum Gasteiger partial charge on any atom is -0.357 e. The van der Waals surface area contributed by atoms with Crippen LogP contribution in [0.3, 0.4) is 0 Å². The van der Waals surface area contributed by atoms with Gasteiger partial charge < -0.3 is 4.90 Å². The number of nitriles is 1. The van der Waals surface area contributed by atoms with Crippen molar-refractivity contribution in [3.05, 3.63) is 31.9 Å². The fourth-order valence-electron chi connectivity index (χ4n) is 4.77. The summed E-state index contributed by atoms with van der Waals surface area (Å²) < 4.78 is 2.14. The summed E-state index contributed by atoms with van der Waals surface area (Å²) in [5.41, 5.74) is 1.21. The summed E-state index contributed by atoms with van der Waals surface area (Å²) in [6.45, 7) is 10.7. The van der Waals surface area contributed by atoms with E-state index in [-0.39, 0.29) is 17.0 Å². The standard InChI is InChI=1S/C24H32N4O2S2/c1-6-7-8-9-28-23(30)20(32-24(28)31)11-18-17(4)19(12-25)22(29)26(5)21(18)27-13-15(2)10-16(3)14-27/h11,15-16H,6-10,13-14H2,1-5H3/b20-11-. The lowest BCUT2D eigenvalue weighted by molar-refractivity contribution is -0.122. The summed E-state index contributed by atoms with van der Waals surface area (Å²) in [4.78, 5) is 30.5. The molecule has 0 aromatic carbocycles. The normalized spacial score (nSPS) is 22.7. The number of pyridine rings is 1. The van der Waals surface area contributed by atoms with Crippen LogP contribution < -0.4 is 10.5 Å². The highest BCUT2D eigenvalue weighted by atomic mass is 32.2. The molecule has 2 saturated heterocycles. The van der Waals surface area contributed by atoms with Crippen molar-refractivity contribution in [2.75, 3.05) is 24.5 Å². The van der Waals surface area contributed by atoms with Crippen LogP contribution in [0.1, 0.15) is 63.1 Å². The van der Waals surface area contributed by atoms with Crippen molar-refractivity contribution in [1.82, 2.24) is 9.47 Å². The van der Waals surface area contributed by atoms with Crippen molar-refractivity contribution in [3.63, 3.8) is 0 Å². The van der Waals surface area contributed by atoms with Crippen LogP contribution in [0.25, 0.3) is 6.08 Å². The van der Waals surface area contributed by atoms with Gasteiger partial charge in [-0.25, -0.2) is 0 Å². The largest absolute Gasteiger partial charge is 0.357 e. The van der Waals surface area contributed by atoms with Gasteiger partial charge in [0, 0.05) is 32.2 Å². The van der Waals surface area contributed by atoms with Gasteiger partial charge in [0.25, 0.3) is 11.5 Å². The highest BCUT2D eigenvalue weighted by Gasteiger charge is 2.33. The number of aromatic nitrogens is 1. The number of amides is 1. The van der Waals surface area contributed by atoms with E-state index in [2.05, 4.69) is 31.7 Å². The van der Waals surface area contributed by atoms with E-state index in [0.29, 0.717) is 33.2 Å². The van der Waals surface area contributed by atoms with Crippen LogP contribution in [0.5, 0.6) is 0 Å². The zero-order valence-electron chi connectivity index (χ0n) is 19.6. The second-order valence-electron chi connectivity index (χ2n) is 9.10. The number of rotatable bonds is 6. The second kappa shape index (κ2) is 10.2. The topological polar surface area (TPSA) is 69.3 Å². The van der Waals surface area contributed by atoms with Crippen molar-refractivity contribution >= 4 is 46.1 Å². The van der Waals surface area contributed by atoms with E-state index in [1.165, 1.54) is 11.8 Å². The average molecular weight is 473 g/mol. The first-order valence-electron chi connectivity index (χ1n) is 11.3. The Bertz CT molecular complexity index is 1040. The van der Waals surface area contributed by atoms with E-state index in [4.69, 9.17) is 12.2 Å². The van der Waals surface area contributed by atoms with Crippen LogP contribution in [0, 0.1) is 30.1 Å². The molecule has 32 heavy (non-hydrogen) atoms. The molecule has 8 heteroatoms. The zero-order valence-corrected chi connectivity index (χ0v) is 21.2. The average Bonchev–Trinajstić information content (AvgIpc) is 2.99. The van der Waals surface area contributed by atoms with Crippen LogP contribution >= 0.6 is 24.0 Å². The molecular weight excluding hydrogens is 440 g/mol. The highest BCUT2D eigenvalue weighted by Crippen LogP contribution is 2.37. The van der Waals surface area contributed by atoms with Gasteiger partial charge in [-0.05, 0) is 43.2 Å². The molecule has 0 N–H and O–H groups in total. The minimum absolute atomic E-state index is 0.0887. The van der Waals surface area contributed by atoms with E-state index >= 15 is 0 Å². The van der Waals surface area contributed by atoms with Crippen molar-refractivity contribution < 1.29 is 4.79 Å². The quantitative estimate of drug-likeness (QED) is 0.346. The molecule has 2 unspecified atom stereocenters. The van der Waals surface area contributed by atoms with Gasteiger partial charge in [-0.3, -0.25) is 19.1 Å². The number of nitrogens with zero attached hydrogens (tertiary/aromatic N) is 4. The fraction of sp³-hybridized carbons (Fsp3) is 0.583. The van der Waals surface area contributed by atoms with Crippen LogP contribution in [-0.4, -0.2) is 39.3 Å². The molecule has 2 atom stereocenters. The molecule has 0 aliphatic carbocycles. The molecule has 2 aliphatic rings. The Morgan fingerprint density at radius 1 is 1.22 bits per heavy atom. The van der Waals surface area contributed by atoms with Gasteiger partial charge in [0.15, 0.2) is 0 Å². The van der Waals surface area contributed by atoms with Crippen molar-refractivity contribution in [3.8, 4) is 6.07 Å². The van der Waals surface area contributed by atoms with Gasteiger partial charge in [-0.2, -0.15) is 5.26 Å². The third kappa shape index (κ3) is 4.79. The van der Waals surface area contributed by atoms with Crippen LogP contribution in [-0.2, 0) is 11.8 Å². The first-order valence-corrected chi connectivity index (χ1v) is 12.6. The lowest BCUT2D eigenvalue weighted by Crippen LogP contribution is -2.42. The SMILES string of the molecule is CCCCCN1C(=O)/C(=C/c2c(C)c(C#N)c(=O)n(C)c2N2CC(C)CC(C)C2)SC1=S. The summed E-state index contributed by atoms with van der Waals surface area (Å²) >= 11 is 6.79. The predicted octanol–water partition coefficient (Wildman–Crippen LogP) is 4.44. The van der Waals surface area contributed by atoms with Gasteiger partial charge in [-0.15, -0.1) is 0 Å². The molecule has 0 bridgehead atoms. The molecule has 1 aromatic heterocycles. The van der Waals surface area contributed by atoms with Gasteiger partial charge in [-0.1, -0.05) is 57.6 Å². The summed E-state index contributed by atoms with van der Waals surface area (Å²) in [6.07, 6.45) is 6.04. The Kier molecular flexibility index (Phi) is 7.84. The molecule has 2 aliphatic heterocycles. The van der Waals surface area contributed by atoms with Gasteiger partial charge in [0.05, 0.1) is 4.91 Å². The van der Waals surface area contributed by atoms with Crippen molar-refractivity contribution in [2.45, 2.75) is 53.4 Å². The highest BCUT2D eigenvalue weighted by molar-refractivity contribution is 8.26. The lowest BCUT2D eigenvalue weighted by Gasteiger charge is -2.38. The van der Waals surface area contributed by atoms with E-state index in [1.807, 2.05) is 6.08 Å². The first kappa shape index (κ1) is 24.5. The number of unbranched alkanes of at least 4 members (excludes halogenated alkanes) is 2. The fourth-order valence-corrected chi connectivity index (χ4v) is 6.06. The molecule has 3 heterocycles. The number of anilines is 1. The van der Waals surface area contributed by atoms with Gasteiger partial charge in [0.1, 0.15) is 21.8 Å². The van der Waals surface area contributed by atoms with E-state index < -0.39 is 0 Å². The van der Waals surface area contributed by atoms with Gasteiger partial charge in [0.2, 0.25) is 0 Å². The monoisotopic (exact) mass is 472 g/mol. The number of thiocarbonyl (C=S) groups is 1. The Morgan fingerprint density at radius 3 is 2.47 bits per heavy atom. The molecule has 172 valence electrons. The number of hydrogen-bond donors (Lipinski definition) is 0. The van der Waals surface area contributed by atoms with E-state index in [9.17, 15) is 14.9 Å². The van der Waals surface area contributed by atoms with Crippen LogP contribution in [0.15, 0.2) is 9.70 Å². The summed E-state index contributed by atoms with van der Waals surface area (Å²) in [5, 5.41) is 9.65. The summed E-state index contributed by atoms with van der Waals surface area (Å²) in [7, 11) is 1.72. The van der Waals surface area contributed by atoms with Crippen molar-refractivity contribution in [1.29, 1.82) is 5.26 Å². The molecule has 0 spiro atoms. The van der Waals surface area contributed by atoms with E-state index in [1.54, 1.807) is 23.4 Å². The summed E-state index contributed by atoms with van der Waals surface area (Å²) in [5.74, 6) is 1.68. The Morgan fingerprint density at radius 2 is 1.88 bits per heavy atom. The molecule has 0 saturated carbocycles. The molecule has 1 amide bonds. The third-order valence-corrected chi connectivity index (χ3v) is 7.65. The second-order valence-corrected chi connectivity index (χ2v) is 10.8. The number of carbonyl (C=O) groups excluding carboxylic acids is 1. The molecule has 0 radical (unpaired) electrons. The van der Waals surface area contributed by atoms with Crippen LogP contribution in [0.4, 0.5) is 5.82 Å². The van der Waals surface area contributed by atoms with Gasteiger partial charge >= 0.3 is 0 Å². The smallest absolute Gasteiger partial charge is 0.270 e. The molecule has 1 aromatic rings. The number of hydrogen-bond acceptors (Lipinski definition) is 6. The Hall–Kier alpha value is -2.11. The molecular formula is C24H32N4O2S2. The van der Waals surface area contributed by atoms with Crippen molar-refractivity contribution in [2.24, 2.45) is 18.9 Å². The predicted molar refractivity (Wildman–Crippen MR) is 136 cm³/mol. The third-order valence-electron chi connectivity index (χ3n) is 6.27. The van der Waals surface area contributed by atoms with Crippen LogP contribution in [0.2, 0.25) is 0 Å². The number of piperidine rings is 1. The maximum Gasteiger partial charge on any atom is 0.270 e. The molecule has 6 nitrogen and oxygen atoms in total. The minimum atomic E-state index is -0.296. The zero-order chi connectivity index (χ0) is 23.6. The molecule has 2 fully saturated rings. The Labute approximate surface area is 200 Å². The summed E-state index contributed by atoms with van der Waals surface area (Å²) in [6, 6.07) is 2.07. The van der Waals surface area contributed by atoms with E-state index in [0.717, 1.165) is 50.2 Å². The Balaban J connectivity index is 2.10. The lowest BCUT2D eigenvalue weighted by atomic mass is 9.91. The first-order chi connectivity index (χ1) is 15.2. The molecule has 3 rings (SSSR count). The maximum absolute atomic E-state index is 13.1.